The number of carbonyl (C=O) groups is 1. The molecule has 124 valence electrons. The Kier molecular flexibility index (Phi) is 4.51. The van der Waals surface area contributed by atoms with Gasteiger partial charge in [0.2, 0.25) is 3.79 Å². The Balaban J connectivity index is 1.90. The van der Waals surface area contributed by atoms with Crippen molar-refractivity contribution in [2.24, 2.45) is 0 Å². The van der Waals surface area contributed by atoms with Gasteiger partial charge in [0, 0.05) is 6.04 Å². The molecule has 2 heterocycles. The summed E-state index contributed by atoms with van der Waals surface area (Å²) in [4.78, 5) is 14.3. The number of benzene rings is 1. The summed E-state index contributed by atoms with van der Waals surface area (Å²) >= 11 is 17.0. The molecular weight excluding hydrogens is 364 g/mol. The van der Waals surface area contributed by atoms with Crippen LogP contribution in [0.5, 0.6) is 0 Å². The second kappa shape index (κ2) is 6.15. The second-order valence-corrected chi connectivity index (χ2v) is 8.32. The van der Waals surface area contributed by atoms with E-state index in [0.29, 0.717) is 0 Å². The number of hydrogen-bond donors (Lipinski definition) is 0. The van der Waals surface area contributed by atoms with Crippen LogP contribution in [0.1, 0.15) is 24.8 Å². The lowest BCUT2D eigenvalue weighted by atomic mass is 9.86. The first-order valence-electron chi connectivity index (χ1n) is 7.28. The summed E-state index contributed by atoms with van der Waals surface area (Å²) in [7, 11) is 0. The SMILES string of the molecule is O=C(OCC(Cl)(Cl)Cl)N1C2CC=CC1(c1ccc(F)cc1)CC2. The predicted octanol–water partition coefficient (Wildman–Crippen LogP) is 4.95. The highest BCUT2D eigenvalue weighted by atomic mass is 35.6. The van der Waals surface area contributed by atoms with Crippen LogP contribution in [-0.2, 0) is 10.3 Å². The Bertz CT molecular complexity index is 629. The van der Waals surface area contributed by atoms with E-state index in [9.17, 15) is 9.18 Å². The molecule has 0 spiro atoms. The molecule has 2 bridgehead atoms. The van der Waals surface area contributed by atoms with Gasteiger partial charge in [0.1, 0.15) is 12.4 Å². The first-order chi connectivity index (χ1) is 10.8. The van der Waals surface area contributed by atoms with Crippen LogP contribution < -0.4 is 0 Å². The van der Waals surface area contributed by atoms with Crippen LogP contribution in [0.3, 0.4) is 0 Å². The number of carbonyl (C=O) groups excluding carboxylic acids is 1. The Morgan fingerprint density at radius 2 is 2.04 bits per heavy atom. The van der Waals surface area contributed by atoms with E-state index in [2.05, 4.69) is 6.08 Å². The molecule has 3 rings (SSSR count). The van der Waals surface area contributed by atoms with E-state index < -0.39 is 15.4 Å². The predicted molar refractivity (Wildman–Crippen MR) is 88.3 cm³/mol. The normalized spacial score (nSPS) is 26.4. The highest BCUT2D eigenvalue weighted by molar-refractivity contribution is 6.67. The van der Waals surface area contributed by atoms with Gasteiger partial charge >= 0.3 is 6.09 Å². The molecule has 1 fully saturated rings. The largest absolute Gasteiger partial charge is 0.445 e. The van der Waals surface area contributed by atoms with Gasteiger partial charge < -0.3 is 4.74 Å². The fraction of sp³-hybridized carbons (Fsp3) is 0.438. The molecule has 1 aromatic rings. The number of halogens is 4. The summed E-state index contributed by atoms with van der Waals surface area (Å²) in [5, 5.41) is 0. The molecule has 2 atom stereocenters. The third kappa shape index (κ3) is 3.30. The molecule has 0 saturated carbocycles. The lowest BCUT2D eigenvalue weighted by Crippen LogP contribution is -2.50. The van der Waals surface area contributed by atoms with Gasteiger partial charge in [-0.3, -0.25) is 4.90 Å². The van der Waals surface area contributed by atoms with E-state index >= 15 is 0 Å². The Morgan fingerprint density at radius 1 is 1.35 bits per heavy atom. The van der Waals surface area contributed by atoms with Gasteiger partial charge in [-0.1, -0.05) is 59.1 Å². The maximum absolute atomic E-state index is 13.2. The van der Waals surface area contributed by atoms with Crippen molar-refractivity contribution < 1.29 is 13.9 Å². The standard InChI is InChI=1S/C16H15Cl3FNO2/c17-16(18,19)10-23-14(22)21-13-2-1-8-15(21,9-7-13)11-3-5-12(20)6-4-11/h1,3-6,8,13H,2,7,9-10H2. The smallest absolute Gasteiger partial charge is 0.411 e. The third-order valence-electron chi connectivity index (χ3n) is 4.36. The van der Waals surface area contributed by atoms with Crippen molar-refractivity contribution in [3.05, 3.63) is 47.8 Å². The van der Waals surface area contributed by atoms with Gasteiger partial charge in [-0.25, -0.2) is 9.18 Å². The minimum absolute atomic E-state index is 0.0351. The summed E-state index contributed by atoms with van der Waals surface area (Å²) in [6, 6.07) is 6.22. The van der Waals surface area contributed by atoms with Gasteiger partial charge in [-0.2, -0.15) is 0 Å². The Hall–Kier alpha value is -0.970. The molecule has 3 nitrogen and oxygen atoms in total. The molecular formula is C16H15Cl3FNO2. The van der Waals surface area contributed by atoms with Gasteiger partial charge in [0.25, 0.3) is 0 Å². The van der Waals surface area contributed by atoms with Crippen molar-refractivity contribution in [1.29, 1.82) is 0 Å². The lowest BCUT2D eigenvalue weighted by Gasteiger charge is -2.41. The van der Waals surface area contributed by atoms with Crippen LogP contribution in [-0.4, -0.2) is 27.4 Å². The number of hydrogen-bond acceptors (Lipinski definition) is 2. The summed E-state index contributed by atoms with van der Waals surface area (Å²) in [6.45, 7) is -0.317. The van der Waals surface area contributed by atoms with Gasteiger partial charge in [-0.15, -0.1) is 0 Å². The number of amides is 1. The monoisotopic (exact) mass is 377 g/mol. The molecule has 0 aliphatic carbocycles. The molecule has 2 aliphatic rings. The van der Waals surface area contributed by atoms with Crippen molar-refractivity contribution in [3.8, 4) is 0 Å². The first kappa shape index (κ1) is 16.9. The van der Waals surface area contributed by atoms with E-state index in [4.69, 9.17) is 39.5 Å². The van der Waals surface area contributed by atoms with Crippen LogP contribution in [0.4, 0.5) is 9.18 Å². The van der Waals surface area contributed by atoms with Crippen LogP contribution >= 0.6 is 34.8 Å². The minimum Gasteiger partial charge on any atom is -0.445 e. The van der Waals surface area contributed by atoms with Gasteiger partial charge in [0.15, 0.2) is 0 Å². The molecule has 0 N–H and O–H groups in total. The zero-order valence-electron chi connectivity index (χ0n) is 12.1. The fourth-order valence-corrected chi connectivity index (χ4v) is 3.58. The molecule has 23 heavy (non-hydrogen) atoms. The lowest BCUT2D eigenvalue weighted by molar-refractivity contribution is 0.0641. The summed E-state index contributed by atoms with van der Waals surface area (Å²) in [5.41, 5.74) is 0.226. The van der Waals surface area contributed by atoms with E-state index in [1.54, 1.807) is 17.0 Å². The highest BCUT2D eigenvalue weighted by Crippen LogP contribution is 2.47. The van der Waals surface area contributed by atoms with Crippen LogP contribution in [0.2, 0.25) is 0 Å². The van der Waals surface area contributed by atoms with Gasteiger partial charge in [0.05, 0.1) is 5.54 Å². The molecule has 0 aromatic heterocycles. The number of fused-ring (bicyclic) bond motifs is 2. The maximum atomic E-state index is 13.2. The maximum Gasteiger partial charge on any atom is 0.411 e. The van der Waals surface area contributed by atoms with E-state index in [0.717, 1.165) is 24.8 Å². The number of nitrogens with zero attached hydrogens (tertiary/aromatic N) is 1. The van der Waals surface area contributed by atoms with Crippen LogP contribution in [0, 0.1) is 5.82 Å². The summed E-state index contributed by atoms with van der Waals surface area (Å²) in [6.07, 6.45) is 5.87. The first-order valence-corrected chi connectivity index (χ1v) is 8.42. The zero-order chi connectivity index (χ0) is 16.7. The van der Waals surface area contributed by atoms with E-state index in [1.165, 1.54) is 12.1 Å². The van der Waals surface area contributed by atoms with Crippen LogP contribution in [0.25, 0.3) is 0 Å². The van der Waals surface area contributed by atoms with Crippen molar-refractivity contribution in [2.45, 2.75) is 34.6 Å². The quantitative estimate of drug-likeness (QED) is 0.538. The van der Waals surface area contributed by atoms with Crippen molar-refractivity contribution in [2.75, 3.05) is 6.61 Å². The second-order valence-electron chi connectivity index (χ2n) is 5.80. The van der Waals surface area contributed by atoms with Crippen molar-refractivity contribution in [1.82, 2.24) is 4.90 Å². The average Bonchev–Trinajstić information content (AvgIpc) is 2.72. The minimum atomic E-state index is -1.65. The average molecular weight is 379 g/mol. The molecule has 2 unspecified atom stereocenters. The Morgan fingerprint density at radius 3 is 2.70 bits per heavy atom. The summed E-state index contributed by atoms with van der Waals surface area (Å²) < 4.78 is 16.8. The Labute approximate surface area is 148 Å². The topological polar surface area (TPSA) is 29.5 Å². The van der Waals surface area contributed by atoms with Crippen LogP contribution in [0.15, 0.2) is 36.4 Å². The van der Waals surface area contributed by atoms with E-state index in [-0.39, 0.29) is 18.5 Å². The molecule has 0 radical (unpaired) electrons. The highest BCUT2D eigenvalue weighted by Gasteiger charge is 2.51. The van der Waals surface area contributed by atoms with Crippen molar-refractivity contribution >= 4 is 40.9 Å². The van der Waals surface area contributed by atoms with Crippen molar-refractivity contribution in [3.63, 3.8) is 0 Å². The number of ether oxygens (including phenoxy) is 1. The molecule has 7 heteroatoms. The van der Waals surface area contributed by atoms with Gasteiger partial charge in [-0.05, 0) is 37.0 Å². The zero-order valence-corrected chi connectivity index (χ0v) is 14.4. The molecule has 1 saturated heterocycles. The van der Waals surface area contributed by atoms with E-state index in [1.807, 2.05) is 6.08 Å². The summed E-state index contributed by atoms with van der Waals surface area (Å²) in [5.74, 6) is -0.315. The molecule has 1 amide bonds. The molecule has 2 aliphatic heterocycles. The number of alkyl halides is 3. The third-order valence-corrected chi connectivity index (χ3v) is 4.68. The number of rotatable bonds is 2. The fourth-order valence-electron chi connectivity index (χ4n) is 3.41. The molecule has 1 aromatic carbocycles.